The summed E-state index contributed by atoms with van der Waals surface area (Å²) in [7, 11) is 1.40. The van der Waals surface area contributed by atoms with Crippen LogP contribution < -0.4 is 0 Å². The largest absolute Gasteiger partial charge is 0.508 e. The molecule has 24 heavy (non-hydrogen) atoms. The highest BCUT2D eigenvalue weighted by Crippen LogP contribution is 2.32. The molecule has 0 saturated heterocycles. The molecular formula is C20H21NO3. The van der Waals surface area contributed by atoms with Gasteiger partial charge in [-0.2, -0.15) is 0 Å². The molecule has 3 rings (SSSR count). The minimum atomic E-state index is -0.326. The van der Waals surface area contributed by atoms with E-state index in [0.717, 1.165) is 27.6 Å². The molecule has 0 aliphatic rings. The van der Waals surface area contributed by atoms with E-state index in [2.05, 4.69) is 24.5 Å². The van der Waals surface area contributed by atoms with Crippen LogP contribution in [0.4, 0.5) is 0 Å². The number of fused-ring (bicyclic) bond motifs is 1. The number of esters is 1. The average molecular weight is 323 g/mol. The summed E-state index contributed by atoms with van der Waals surface area (Å²) in [6.45, 7) is 6.14. The molecule has 1 aromatic heterocycles. The number of carbonyl (C=O) groups is 1. The van der Waals surface area contributed by atoms with Crippen molar-refractivity contribution in [2.24, 2.45) is 0 Å². The zero-order chi connectivity index (χ0) is 17.4. The molecule has 2 aromatic carbocycles. The number of methoxy groups -OCH3 is 1. The molecule has 1 N–H and O–H groups in total. The topological polar surface area (TPSA) is 51.5 Å². The third-order valence-corrected chi connectivity index (χ3v) is 4.32. The van der Waals surface area contributed by atoms with Crippen LogP contribution in [-0.4, -0.2) is 22.8 Å². The fourth-order valence-corrected chi connectivity index (χ4v) is 3.09. The minimum absolute atomic E-state index is 0.224. The van der Waals surface area contributed by atoms with Crippen LogP contribution in [0.5, 0.6) is 5.75 Å². The van der Waals surface area contributed by atoms with Gasteiger partial charge < -0.3 is 14.4 Å². The van der Waals surface area contributed by atoms with Crippen molar-refractivity contribution in [3.63, 3.8) is 0 Å². The number of carbonyl (C=O) groups excluding carboxylic acids is 1. The summed E-state index contributed by atoms with van der Waals surface area (Å²) in [6, 6.07) is 11.6. The maximum Gasteiger partial charge on any atom is 0.340 e. The van der Waals surface area contributed by atoms with E-state index in [1.807, 2.05) is 31.3 Å². The van der Waals surface area contributed by atoms with Crippen molar-refractivity contribution in [1.29, 1.82) is 0 Å². The molecule has 0 aliphatic carbocycles. The van der Waals surface area contributed by atoms with Gasteiger partial charge in [0, 0.05) is 23.1 Å². The summed E-state index contributed by atoms with van der Waals surface area (Å²) in [4.78, 5) is 12.0. The van der Waals surface area contributed by atoms with Crippen molar-refractivity contribution in [2.45, 2.75) is 26.8 Å². The molecule has 3 aromatic rings. The number of aromatic hydroxyl groups is 1. The maximum atomic E-state index is 12.0. The number of nitrogens with zero attached hydrogens (tertiary/aromatic N) is 1. The van der Waals surface area contributed by atoms with Crippen molar-refractivity contribution in [1.82, 2.24) is 4.57 Å². The monoisotopic (exact) mass is 323 g/mol. The Balaban J connectivity index is 2.23. The van der Waals surface area contributed by atoms with Crippen LogP contribution in [0.3, 0.4) is 0 Å². The summed E-state index contributed by atoms with van der Waals surface area (Å²) in [5.41, 5.74) is 4.69. The summed E-state index contributed by atoms with van der Waals surface area (Å²) in [6.07, 6.45) is 1.86. The highest BCUT2D eigenvalue weighted by Gasteiger charge is 2.17. The Morgan fingerprint density at radius 3 is 2.54 bits per heavy atom. The Morgan fingerprint density at radius 2 is 1.92 bits per heavy atom. The lowest BCUT2D eigenvalue weighted by atomic mass is 9.99. The number of hydrogen-bond donors (Lipinski definition) is 1. The number of phenols is 1. The molecule has 124 valence electrons. The normalized spacial score (nSPS) is 11.2. The average Bonchev–Trinajstić information content (AvgIpc) is 2.93. The van der Waals surface area contributed by atoms with Gasteiger partial charge in [0.05, 0.1) is 12.7 Å². The second kappa shape index (κ2) is 6.04. The quantitative estimate of drug-likeness (QED) is 0.711. The molecule has 0 fully saturated rings. The minimum Gasteiger partial charge on any atom is -0.508 e. The lowest BCUT2D eigenvalue weighted by Gasteiger charge is -2.11. The highest BCUT2D eigenvalue weighted by atomic mass is 16.5. The second-order valence-corrected chi connectivity index (χ2v) is 6.27. The van der Waals surface area contributed by atoms with E-state index in [9.17, 15) is 9.90 Å². The fourth-order valence-electron chi connectivity index (χ4n) is 3.09. The van der Waals surface area contributed by atoms with Gasteiger partial charge in [-0.25, -0.2) is 4.79 Å². The molecular weight excluding hydrogens is 302 g/mol. The molecule has 0 bridgehead atoms. The van der Waals surface area contributed by atoms with E-state index in [1.54, 1.807) is 12.1 Å². The predicted octanol–water partition coefficient (Wildman–Crippen LogP) is 4.69. The summed E-state index contributed by atoms with van der Waals surface area (Å²) < 4.78 is 6.99. The third-order valence-electron chi connectivity index (χ3n) is 4.32. The van der Waals surface area contributed by atoms with Crippen molar-refractivity contribution < 1.29 is 14.6 Å². The molecule has 0 atom stereocenters. The van der Waals surface area contributed by atoms with Crippen LogP contribution in [0.2, 0.25) is 0 Å². The van der Waals surface area contributed by atoms with E-state index in [1.165, 1.54) is 7.11 Å². The van der Waals surface area contributed by atoms with E-state index >= 15 is 0 Å². The van der Waals surface area contributed by atoms with Crippen LogP contribution in [0.25, 0.3) is 22.0 Å². The molecule has 0 spiro atoms. The number of phenolic OH excluding ortho intramolecular Hbond substituents is 1. The highest BCUT2D eigenvalue weighted by molar-refractivity contribution is 6.05. The van der Waals surface area contributed by atoms with Gasteiger partial charge in [-0.3, -0.25) is 0 Å². The number of benzene rings is 2. The van der Waals surface area contributed by atoms with Crippen LogP contribution in [0.15, 0.2) is 42.6 Å². The molecule has 0 radical (unpaired) electrons. The number of ether oxygens (including phenoxy) is 1. The first-order valence-corrected chi connectivity index (χ1v) is 7.95. The number of rotatable bonds is 3. The van der Waals surface area contributed by atoms with Gasteiger partial charge >= 0.3 is 5.97 Å². The molecule has 0 unspecified atom stereocenters. The SMILES string of the molecule is COC(=O)c1cn(C(C)C)c2cc(-c3ccc(O)cc3C)ccc12. The second-order valence-electron chi connectivity index (χ2n) is 6.27. The number of aromatic nitrogens is 1. The lowest BCUT2D eigenvalue weighted by molar-refractivity contribution is 0.0602. The fraction of sp³-hybridized carbons (Fsp3) is 0.250. The Labute approximate surface area is 141 Å². The van der Waals surface area contributed by atoms with E-state index in [0.29, 0.717) is 5.56 Å². The molecule has 0 aliphatic heterocycles. The Hall–Kier alpha value is -2.75. The molecule has 4 heteroatoms. The number of aryl methyl sites for hydroxylation is 1. The van der Waals surface area contributed by atoms with Crippen molar-refractivity contribution >= 4 is 16.9 Å². The van der Waals surface area contributed by atoms with Crippen LogP contribution >= 0.6 is 0 Å². The van der Waals surface area contributed by atoms with Crippen molar-refractivity contribution in [3.8, 4) is 16.9 Å². The van der Waals surface area contributed by atoms with Gasteiger partial charge in [0.25, 0.3) is 0 Å². The first-order chi connectivity index (χ1) is 11.4. The number of hydrogen-bond acceptors (Lipinski definition) is 3. The molecule has 1 heterocycles. The van der Waals surface area contributed by atoms with Crippen molar-refractivity contribution in [3.05, 3.63) is 53.7 Å². The zero-order valence-corrected chi connectivity index (χ0v) is 14.3. The smallest absolute Gasteiger partial charge is 0.340 e. The zero-order valence-electron chi connectivity index (χ0n) is 14.3. The van der Waals surface area contributed by atoms with Gasteiger partial charge in [-0.05, 0) is 55.7 Å². The first-order valence-electron chi connectivity index (χ1n) is 7.95. The lowest BCUT2D eigenvalue weighted by Crippen LogP contribution is -2.01. The predicted molar refractivity (Wildman–Crippen MR) is 95.5 cm³/mol. The van der Waals surface area contributed by atoms with E-state index in [4.69, 9.17) is 4.74 Å². The third kappa shape index (κ3) is 2.64. The standard InChI is InChI=1S/C20H21NO3/c1-12(2)21-11-18(20(23)24-4)17-7-5-14(10-19(17)21)16-8-6-15(22)9-13(16)3/h5-12,22H,1-4H3. The van der Waals surface area contributed by atoms with Gasteiger partial charge in [0.2, 0.25) is 0 Å². The molecule has 0 amide bonds. The molecule has 4 nitrogen and oxygen atoms in total. The van der Waals surface area contributed by atoms with Crippen LogP contribution in [0, 0.1) is 6.92 Å². The van der Waals surface area contributed by atoms with Gasteiger partial charge in [-0.1, -0.05) is 18.2 Å². The van der Waals surface area contributed by atoms with E-state index < -0.39 is 0 Å². The van der Waals surface area contributed by atoms with Gasteiger partial charge in [0.1, 0.15) is 5.75 Å². The maximum absolute atomic E-state index is 12.0. The summed E-state index contributed by atoms with van der Waals surface area (Å²) >= 11 is 0. The first kappa shape index (κ1) is 16.1. The summed E-state index contributed by atoms with van der Waals surface area (Å²) in [5.74, 6) is -0.0659. The molecule has 0 saturated carbocycles. The van der Waals surface area contributed by atoms with E-state index in [-0.39, 0.29) is 17.8 Å². The Morgan fingerprint density at radius 1 is 1.17 bits per heavy atom. The summed E-state index contributed by atoms with van der Waals surface area (Å²) in [5, 5.41) is 10.5. The van der Waals surface area contributed by atoms with Crippen LogP contribution in [-0.2, 0) is 4.74 Å². The van der Waals surface area contributed by atoms with Gasteiger partial charge in [-0.15, -0.1) is 0 Å². The Bertz CT molecular complexity index is 922. The van der Waals surface area contributed by atoms with Gasteiger partial charge in [0.15, 0.2) is 0 Å². The van der Waals surface area contributed by atoms with Crippen LogP contribution in [0.1, 0.15) is 35.8 Å². The van der Waals surface area contributed by atoms with Crippen molar-refractivity contribution in [2.75, 3.05) is 7.11 Å². The Kier molecular flexibility index (Phi) is 4.06.